The highest BCUT2D eigenvalue weighted by atomic mass is 32.1. The van der Waals surface area contributed by atoms with E-state index in [0.717, 1.165) is 9.75 Å². The molecule has 0 bridgehead atoms. The maximum absolute atomic E-state index is 11.7. The van der Waals surface area contributed by atoms with Crippen LogP contribution in [0.15, 0.2) is 40.3 Å². The standard InChI is InChI=1S/C12H8BNO2S2/c13-10-4-3-7(18-10)6-8-12(15)16-11(14-8)9-2-1-5-17-9/h1-6H,13H2/b8-6-. The Labute approximate surface area is 113 Å². The SMILES string of the molecule is Bc1ccc(/C=C2\N=C(c3cccs3)OC2=O)s1. The first-order chi connectivity index (χ1) is 8.72. The molecule has 18 heavy (non-hydrogen) atoms. The van der Waals surface area contributed by atoms with Gasteiger partial charge < -0.3 is 4.74 Å². The Morgan fingerprint density at radius 1 is 1.33 bits per heavy atom. The number of carbonyl (C=O) groups is 1. The lowest BCUT2D eigenvalue weighted by atomic mass is 10.1. The molecule has 1 aliphatic rings. The average molecular weight is 273 g/mol. The van der Waals surface area contributed by atoms with E-state index in [4.69, 9.17) is 4.74 Å². The number of carbonyl (C=O) groups excluding carboxylic acids is 1. The molecule has 0 atom stereocenters. The van der Waals surface area contributed by atoms with E-state index >= 15 is 0 Å². The van der Waals surface area contributed by atoms with Crippen LogP contribution in [0, 0.1) is 0 Å². The molecule has 3 rings (SSSR count). The van der Waals surface area contributed by atoms with Gasteiger partial charge in [-0.2, -0.15) is 11.3 Å². The molecule has 3 nitrogen and oxygen atoms in total. The van der Waals surface area contributed by atoms with E-state index in [0.29, 0.717) is 11.6 Å². The predicted octanol–water partition coefficient (Wildman–Crippen LogP) is 1.41. The third kappa shape index (κ3) is 2.17. The lowest BCUT2D eigenvalue weighted by Crippen LogP contribution is -2.03. The van der Waals surface area contributed by atoms with Gasteiger partial charge in [0.15, 0.2) is 13.5 Å². The van der Waals surface area contributed by atoms with Gasteiger partial charge in [-0.15, -0.1) is 11.3 Å². The van der Waals surface area contributed by atoms with Gasteiger partial charge in [-0.3, -0.25) is 0 Å². The molecule has 2 aromatic rings. The van der Waals surface area contributed by atoms with Crippen LogP contribution in [0.25, 0.3) is 6.08 Å². The summed E-state index contributed by atoms with van der Waals surface area (Å²) in [5.74, 6) is 0.0129. The van der Waals surface area contributed by atoms with Gasteiger partial charge in [-0.25, -0.2) is 9.79 Å². The van der Waals surface area contributed by atoms with E-state index in [1.807, 2.05) is 37.5 Å². The fourth-order valence-electron chi connectivity index (χ4n) is 1.58. The van der Waals surface area contributed by atoms with Crippen LogP contribution < -0.4 is 4.78 Å². The number of thiophene rings is 2. The van der Waals surface area contributed by atoms with Gasteiger partial charge in [0.05, 0.1) is 4.88 Å². The summed E-state index contributed by atoms with van der Waals surface area (Å²) < 4.78 is 6.36. The molecule has 6 heteroatoms. The number of rotatable bonds is 2. The molecule has 0 saturated carbocycles. The molecule has 1 aliphatic heterocycles. The van der Waals surface area contributed by atoms with E-state index in [1.165, 1.54) is 16.1 Å². The van der Waals surface area contributed by atoms with Crippen molar-refractivity contribution in [3.05, 3.63) is 45.1 Å². The molecule has 0 unspecified atom stereocenters. The minimum absolute atomic E-state index is 0.361. The van der Waals surface area contributed by atoms with Gasteiger partial charge in [0.2, 0.25) is 5.90 Å². The molecule has 0 aromatic carbocycles. The first-order valence-electron chi connectivity index (χ1n) is 5.35. The quantitative estimate of drug-likeness (QED) is 0.471. The fourth-order valence-corrected chi connectivity index (χ4v) is 3.04. The monoisotopic (exact) mass is 273 g/mol. The number of nitrogens with zero attached hydrogens (tertiary/aromatic N) is 1. The van der Waals surface area contributed by atoms with E-state index in [9.17, 15) is 4.79 Å². The summed E-state index contributed by atoms with van der Waals surface area (Å²) in [5, 5.41) is 1.93. The fraction of sp³-hybridized carbons (Fsp3) is 0. The zero-order valence-corrected chi connectivity index (χ0v) is 11.2. The molecule has 0 radical (unpaired) electrons. The zero-order chi connectivity index (χ0) is 12.5. The van der Waals surface area contributed by atoms with Crippen molar-refractivity contribution >= 4 is 53.2 Å². The topological polar surface area (TPSA) is 38.7 Å². The summed E-state index contributed by atoms with van der Waals surface area (Å²) in [7, 11) is 2.03. The van der Waals surface area contributed by atoms with Crippen LogP contribution in [0.2, 0.25) is 0 Å². The number of aliphatic imine (C=N–C) groups is 1. The molecule has 0 amide bonds. The normalized spacial score (nSPS) is 17.0. The van der Waals surface area contributed by atoms with Crippen molar-refractivity contribution in [3.63, 3.8) is 0 Å². The highest BCUT2D eigenvalue weighted by molar-refractivity contribution is 7.20. The highest BCUT2D eigenvalue weighted by Crippen LogP contribution is 2.22. The van der Waals surface area contributed by atoms with Gasteiger partial charge in [0.1, 0.15) is 0 Å². The van der Waals surface area contributed by atoms with Crippen LogP contribution in [0.1, 0.15) is 9.75 Å². The van der Waals surface area contributed by atoms with E-state index in [-0.39, 0.29) is 5.97 Å². The van der Waals surface area contributed by atoms with Crippen molar-refractivity contribution in [1.29, 1.82) is 0 Å². The Kier molecular flexibility index (Phi) is 2.89. The predicted molar refractivity (Wildman–Crippen MR) is 77.4 cm³/mol. The van der Waals surface area contributed by atoms with Crippen LogP contribution in [-0.2, 0) is 9.53 Å². The Hall–Kier alpha value is -1.66. The maximum atomic E-state index is 11.7. The lowest BCUT2D eigenvalue weighted by Gasteiger charge is -1.92. The van der Waals surface area contributed by atoms with Crippen LogP contribution in [-0.4, -0.2) is 19.7 Å². The summed E-state index contributed by atoms with van der Waals surface area (Å²) in [6.07, 6.45) is 1.76. The minimum Gasteiger partial charge on any atom is -0.401 e. The van der Waals surface area contributed by atoms with Crippen LogP contribution in [0.5, 0.6) is 0 Å². The van der Waals surface area contributed by atoms with Crippen LogP contribution >= 0.6 is 22.7 Å². The minimum atomic E-state index is -0.385. The molecular weight excluding hydrogens is 265 g/mol. The van der Waals surface area contributed by atoms with Gasteiger partial charge in [-0.1, -0.05) is 12.1 Å². The molecule has 0 aliphatic carbocycles. The van der Waals surface area contributed by atoms with Crippen molar-refractivity contribution in [2.75, 3.05) is 0 Å². The van der Waals surface area contributed by atoms with E-state index < -0.39 is 0 Å². The second-order valence-corrected chi connectivity index (χ2v) is 6.03. The lowest BCUT2D eigenvalue weighted by molar-refractivity contribution is -0.129. The first kappa shape index (κ1) is 11.4. The molecule has 3 heterocycles. The van der Waals surface area contributed by atoms with Gasteiger partial charge in [0, 0.05) is 4.88 Å². The van der Waals surface area contributed by atoms with Crippen molar-refractivity contribution < 1.29 is 9.53 Å². The number of ether oxygens (including phenoxy) is 1. The Morgan fingerprint density at radius 3 is 2.89 bits per heavy atom. The summed E-state index contributed by atoms with van der Waals surface area (Å²) in [6, 6.07) is 7.77. The Morgan fingerprint density at radius 2 is 2.22 bits per heavy atom. The average Bonchev–Trinajstić information content (AvgIpc) is 3.02. The summed E-state index contributed by atoms with van der Waals surface area (Å²) in [4.78, 5) is 17.8. The van der Waals surface area contributed by atoms with Crippen molar-refractivity contribution in [2.24, 2.45) is 4.99 Å². The molecular formula is C12H8BNO2S2. The molecule has 2 aromatic heterocycles. The summed E-state index contributed by atoms with van der Waals surface area (Å²) >= 11 is 3.13. The Balaban J connectivity index is 1.94. The van der Waals surface area contributed by atoms with Crippen molar-refractivity contribution in [3.8, 4) is 0 Å². The first-order valence-corrected chi connectivity index (χ1v) is 7.05. The summed E-state index contributed by atoms with van der Waals surface area (Å²) in [6.45, 7) is 0. The third-order valence-electron chi connectivity index (χ3n) is 2.39. The maximum Gasteiger partial charge on any atom is 0.363 e. The number of cyclic esters (lactones) is 1. The number of hydrogen-bond donors (Lipinski definition) is 0. The molecule has 88 valence electrons. The second-order valence-electron chi connectivity index (χ2n) is 3.76. The van der Waals surface area contributed by atoms with Crippen molar-refractivity contribution in [1.82, 2.24) is 0 Å². The summed E-state index contributed by atoms with van der Waals surface area (Å²) in [5.41, 5.74) is 0.361. The van der Waals surface area contributed by atoms with Gasteiger partial charge in [0.25, 0.3) is 0 Å². The highest BCUT2D eigenvalue weighted by Gasteiger charge is 2.24. The van der Waals surface area contributed by atoms with Gasteiger partial charge >= 0.3 is 5.97 Å². The second kappa shape index (κ2) is 4.55. The van der Waals surface area contributed by atoms with Crippen LogP contribution in [0.4, 0.5) is 0 Å². The van der Waals surface area contributed by atoms with Crippen LogP contribution in [0.3, 0.4) is 0 Å². The number of esters is 1. The molecule has 0 saturated heterocycles. The smallest absolute Gasteiger partial charge is 0.363 e. The third-order valence-corrected chi connectivity index (χ3v) is 4.20. The largest absolute Gasteiger partial charge is 0.401 e. The zero-order valence-electron chi connectivity index (χ0n) is 9.54. The molecule has 0 spiro atoms. The number of hydrogen-bond acceptors (Lipinski definition) is 5. The van der Waals surface area contributed by atoms with E-state index in [1.54, 1.807) is 17.4 Å². The molecule has 0 fully saturated rings. The van der Waals surface area contributed by atoms with E-state index in [2.05, 4.69) is 4.99 Å². The van der Waals surface area contributed by atoms with Crippen molar-refractivity contribution in [2.45, 2.75) is 0 Å². The Bertz CT molecular complexity index is 655. The molecule has 0 N–H and O–H groups in total. The van der Waals surface area contributed by atoms with Gasteiger partial charge in [-0.05, 0) is 28.4 Å².